The first-order valence-electron chi connectivity index (χ1n) is 8.07. The second-order valence-corrected chi connectivity index (χ2v) is 5.81. The third kappa shape index (κ3) is 4.48. The average molecular weight is 311 g/mol. The van der Waals surface area contributed by atoms with Gasteiger partial charge in [0, 0.05) is 25.0 Å². The quantitative estimate of drug-likeness (QED) is 0.887. The minimum atomic E-state index is -0.231. The molecule has 0 saturated heterocycles. The number of nitrogens with zero attached hydrogens (tertiary/aromatic N) is 3. The zero-order valence-corrected chi connectivity index (χ0v) is 13.0. The predicted molar refractivity (Wildman–Crippen MR) is 87.9 cm³/mol. The molecule has 6 heteroatoms. The lowest BCUT2D eigenvalue weighted by Gasteiger charge is -2.23. The van der Waals surface area contributed by atoms with Crippen LogP contribution in [0.15, 0.2) is 36.9 Å². The lowest BCUT2D eigenvalue weighted by Crippen LogP contribution is -2.25. The molecule has 0 radical (unpaired) electrons. The van der Waals surface area contributed by atoms with E-state index in [-0.39, 0.29) is 5.91 Å². The zero-order valence-electron chi connectivity index (χ0n) is 13.0. The summed E-state index contributed by atoms with van der Waals surface area (Å²) in [6, 6.07) is 4.23. The molecule has 6 nitrogen and oxygen atoms in total. The van der Waals surface area contributed by atoms with Crippen LogP contribution in [0, 0.1) is 0 Å². The average Bonchev–Trinajstić information content (AvgIpc) is 2.62. The van der Waals surface area contributed by atoms with E-state index in [2.05, 4.69) is 25.6 Å². The molecular weight excluding hydrogens is 290 g/mol. The van der Waals surface area contributed by atoms with E-state index >= 15 is 0 Å². The first-order valence-corrected chi connectivity index (χ1v) is 8.07. The van der Waals surface area contributed by atoms with Crippen molar-refractivity contribution >= 4 is 11.7 Å². The Hall–Kier alpha value is -2.50. The SMILES string of the molecule is O=C(NCc1cccnc1)c1cnc(NC2CCCCC2)cn1. The molecule has 2 N–H and O–H groups in total. The summed E-state index contributed by atoms with van der Waals surface area (Å²) < 4.78 is 0. The van der Waals surface area contributed by atoms with Crippen LogP contribution in [-0.4, -0.2) is 26.9 Å². The van der Waals surface area contributed by atoms with Crippen molar-refractivity contribution in [3.63, 3.8) is 0 Å². The fourth-order valence-electron chi connectivity index (χ4n) is 2.75. The maximum Gasteiger partial charge on any atom is 0.271 e. The number of carbonyl (C=O) groups is 1. The normalized spacial score (nSPS) is 15.1. The van der Waals surface area contributed by atoms with Gasteiger partial charge in [0.15, 0.2) is 0 Å². The molecule has 1 aliphatic carbocycles. The van der Waals surface area contributed by atoms with Crippen molar-refractivity contribution in [2.24, 2.45) is 0 Å². The van der Waals surface area contributed by atoms with Gasteiger partial charge in [0.1, 0.15) is 11.5 Å². The zero-order chi connectivity index (χ0) is 15.9. The number of aromatic nitrogens is 3. The van der Waals surface area contributed by atoms with Crippen molar-refractivity contribution in [1.82, 2.24) is 20.3 Å². The van der Waals surface area contributed by atoms with Crippen LogP contribution < -0.4 is 10.6 Å². The number of carbonyl (C=O) groups excluding carboxylic acids is 1. The number of pyridine rings is 1. The molecule has 1 amide bonds. The van der Waals surface area contributed by atoms with Crippen molar-refractivity contribution in [2.75, 3.05) is 5.32 Å². The van der Waals surface area contributed by atoms with Gasteiger partial charge in [0.25, 0.3) is 5.91 Å². The van der Waals surface area contributed by atoms with Crippen molar-refractivity contribution in [2.45, 2.75) is 44.7 Å². The highest BCUT2D eigenvalue weighted by Crippen LogP contribution is 2.20. The first-order chi connectivity index (χ1) is 11.3. The number of hydrogen-bond donors (Lipinski definition) is 2. The standard InChI is InChI=1S/C17H21N5O/c23-17(21-10-13-5-4-8-18-9-13)15-11-20-16(12-19-15)22-14-6-2-1-3-7-14/h4-5,8-9,11-12,14H,1-3,6-7,10H2,(H,20,22)(H,21,23). The Labute approximate surface area is 135 Å². The number of hydrogen-bond acceptors (Lipinski definition) is 5. The van der Waals surface area contributed by atoms with Gasteiger partial charge in [0.05, 0.1) is 12.4 Å². The lowest BCUT2D eigenvalue weighted by atomic mass is 9.96. The Bertz CT molecular complexity index is 623. The van der Waals surface area contributed by atoms with Gasteiger partial charge in [-0.2, -0.15) is 0 Å². The van der Waals surface area contributed by atoms with Gasteiger partial charge in [-0.1, -0.05) is 25.3 Å². The van der Waals surface area contributed by atoms with E-state index < -0.39 is 0 Å². The van der Waals surface area contributed by atoms with Crippen LogP contribution in [0.5, 0.6) is 0 Å². The summed E-state index contributed by atoms with van der Waals surface area (Å²) in [5, 5.41) is 6.21. The smallest absolute Gasteiger partial charge is 0.271 e. The Morgan fingerprint density at radius 3 is 2.70 bits per heavy atom. The summed E-state index contributed by atoms with van der Waals surface area (Å²) in [5.74, 6) is 0.506. The minimum Gasteiger partial charge on any atom is -0.366 e. The summed E-state index contributed by atoms with van der Waals surface area (Å²) in [7, 11) is 0. The fraction of sp³-hybridized carbons (Fsp3) is 0.412. The van der Waals surface area contributed by atoms with Crippen molar-refractivity contribution in [1.29, 1.82) is 0 Å². The molecule has 1 fully saturated rings. The van der Waals surface area contributed by atoms with Gasteiger partial charge in [-0.3, -0.25) is 9.78 Å². The highest BCUT2D eigenvalue weighted by molar-refractivity contribution is 5.91. The van der Waals surface area contributed by atoms with Crippen LogP contribution in [0.2, 0.25) is 0 Å². The van der Waals surface area contributed by atoms with Gasteiger partial charge < -0.3 is 10.6 Å². The minimum absolute atomic E-state index is 0.231. The van der Waals surface area contributed by atoms with Crippen molar-refractivity contribution in [3.8, 4) is 0 Å². The Balaban J connectivity index is 1.52. The molecule has 2 heterocycles. The van der Waals surface area contributed by atoms with Crippen LogP contribution in [0.25, 0.3) is 0 Å². The van der Waals surface area contributed by atoms with Crippen LogP contribution in [0.1, 0.15) is 48.2 Å². The molecule has 23 heavy (non-hydrogen) atoms. The van der Waals surface area contributed by atoms with Gasteiger partial charge >= 0.3 is 0 Å². The molecule has 1 saturated carbocycles. The highest BCUT2D eigenvalue weighted by Gasteiger charge is 2.14. The molecule has 0 atom stereocenters. The number of nitrogens with one attached hydrogen (secondary N) is 2. The van der Waals surface area contributed by atoms with Crippen molar-refractivity contribution in [3.05, 3.63) is 48.2 Å². The monoisotopic (exact) mass is 311 g/mol. The Kier molecular flexibility index (Phi) is 5.13. The first kappa shape index (κ1) is 15.4. The maximum absolute atomic E-state index is 12.1. The molecule has 2 aromatic rings. The maximum atomic E-state index is 12.1. The summed E-state index contributed by atoms with van der Waals surface area (Å²) in [4.78, 5) is 24.6. The molecule has 1 aliphatic rings. The van der Waals surface area contributed by atoms with Gasteiger partial charge in [-0.05, 0) is 24.5 Å². The summed E-state index contributed by atoms with van der Waals surface area (Å²) >= 11 is 0. The molecular formula is C17H21N5O. The lowest BCUT2D eigenvalue weighted by molar-refractivity contribution is 0.0945. The molecule has 2 aromatic heterocycles. The molecule has 0 aliphatic heterocycles. The van der Waals surface area contributed by atoms with E-state index in [4.69, 9.17) is 0 Å². The Morgan fingerprint density at radius 2 is 2.00 bits per heavy atom. The van der Waals surface area contributed by atoms with Crippen molar-refractivity contribution < 1.29 is 4.79 Å². The van der Waals surface area contributed by atoms with Crippen LogP contribution in [0.4, 0.5) is 5.82 Å². The van der Waals surface area contributed by atoms with E-state index in [0.717, 1.165) is 11.4 Å². The van der Waals surface area contributed by atoms with Crippen LogP contribution >= 0.6 is 0 Å². The number of anilines is 1. The molecule has 0 aromatic carbocycles. The topological polar surface area (TPSA) is 79.8 Å². The molecule has 0 bridgehead atoms. The van der Waals surface area contributed by atoms with E-state index in [0.29, 0.717) is 18.3 Å². The van der Waals surface area contributed by atoms with Gasteiger partial charge in [-0.15, -0.1) is 0 Å². The largest absolute Gasteiger partial charge is 0.366 e. The van der Waals surface area contributed by atoms with Crippen LogP contribution in [-0.2, 0) is 6.54 Å². The van der Waals surface area contributed by atoms with Gasteiger partial charge in [-0.25, -0.2) is 9.97 Å². The third-order valence-corrected chi connectivity index (χ3v) is 4.02. The predicted octanol–water partition coefficient (Wildman–Crippen LogP) is 2.55. The third-order valence-electron chi connectivity index (χ3n) is 4.02. The summed E-state index contributed by atoms with van der Waals surface area (Å²) in [6.07, 6.45) is 12.8. The van der Waals surface area contributed by atoms with Crippen LogP contribution in [0.3, 0.4) is 0 Å². The molecule has 3 rings (SSSR count). The van der Waals surface area contributed by atoms with E-state index in [1.165, 1.54) is 38.3 Å². The summed E-state index contributed by atoms with van der Waals surface area (Å²) in [5.41, 5.74) is 1.27. The fourth-order valence-corrected chi connectivity index (χ4v) is 2.75. The second kappa shape index (κ2) is 7.67. The molecule has 120 valence electrons. The summed E-state index contributed by atoms with van der Waals surface area (Å²) in [6.45, 7) is 0.427. The molecule has 0 spiro atoms. The van der Waals surface area contributed by atoms with Gasteiger partial charge in [0.2, 0.25) is 0 Å². The Morgan fingerprint density at radius 1 is 1.13 bits per heavy atom. The van der Waals surface area contributed by atoms with E-state index in [1.54, 1.807) is 18.6 Å². The molecule has 0 unspecified atom stereocenters. The number of amides is 1. The van der Waals surface area contributed by atoms with E-state index in [1.807, 2.05) is 12.1 Å². The number of rotatable bonds is 5. The second-order valence-electron chi connectivity index (χ2n) is 5.81. The highest BCUT2D eigenvalue weighted by atomic mass is 16.1. The van der Waals surface area contributed by atoms with E-state index in [9.17, 15) is 4.79 Å².